The van der Waals surface area contributed by atoms with Crippen molar-refractivity contribution in [3.63, 3.8) is 0 Å². The molecule has 0 bridgehead atoms. The van der Waals surface area contributed by atoms with Crippen LogP contribution in [0.4, 0.5) is 5.82 Å². The van der Waals surface area contributed by atoms with Gasteiger partial charge < -0.3 is 4.90 Å². The lowest BCUT2D eigenvalue weighted by Crippen LogP contribution is -2.48. The Balaban J connectivity index is 1.55. The Hall–Kier alpha value is -1.91. The third-order valence-corrected chi connectivity index (χ3v) is 4.41. The molecular weight excluding hydrogens is 250 g/mol. The zero-order chi connectivity index (χ0) is 13.4. The van der Waals surface area contributed by atoms with E-state index in [4.69, 9.17) is 0 Å². The van der Waals surface area contributed by atoms with Gasteiger partial charge in [-0.05, 0) is 31.7 Å². The van der Waals surface area contributed by atoms with Crippen molar-refractivity contribution in [3.05, 3.63) is 36.0 Å². The van der Waals surface area contributed by atoms with Crippen LogP contribution < -0.4 is 4.90 Å². The number of hydrogen-bond donors (Lipinski definition) is 0. The van der Waals surface area contributed by atoms with Gasteiger partial charge in [0.25, 0.3) is 0 Å². The SMILES string of the molecule is c1cnn(C2CN(c3ncnc4c3CCCCC4)C2)c1. The van der Waals surface area contributed by atoms with Crippen LogP contribution in [0.25, 0.3) is 0 Å². The quantitative estimate of drug-likeness (QED) is 0.782. The summed E-state index contributed by atoms with van der Waals surface area (Å²) in [5.41, 5.74) is 2.67. The third-order valence-electron chi connectivity index (χ3n) is 4.41. The van der Waals surface area contributed by atoms with E-state index in [0.29, 0.717) is 6.04 Å². The standard InChI is InChI=1S/C15H19N5/c1-2-5-13-14(6-3-1)16-11-17-15(13)19-9-12(10-19)20-8-4-7-18-20/h4,7-8,11-12H,1-3,5-6,9-10H2. The summed E-state index contributed by atoms with van der Waals surface area (Å²) in [5.74, 6) is 1.17. The Morgan fingerprint density at radius 1 is 1.05 bits per heavy atom. The van der Waals surface area contributed by atoms with Crippen LogP contribution in [-0.4, -0.2) is 32.8 Å². The van der Waals surface area contributed by atoms with Crippen molar-refractivity contribution < 1.29 is 0 Å². The fraction of sp³-hybridized carbons (Fsp3) is 0.533. The maximum absolute atomic E-state index is 4.56. The summed E-state index contributed by atoms with van der Waals surface area (Å²) < 4.78 is 2.05. The first kappa shape index (κ1) is 11.9. The molecule has 3 heterocycles. The number of rotatable bonds is 2. The Labute approximate surface area is 118 Å². The van der Waals surface area contributed by atoms with Crippen LogP contribution in [0, 0.1) is 0 Å². The Morgan fingerprint density at radius 3 is 2.80 bits per heavy atom. The van der Waals surface area contributed by atoms with E-state index in [-0.39, 0.29) is 0 Å². The fourth-order valence-corrected chi connectivity index (χ4v) is 3.25. The number of hydrogen-bond acceptors (Lipinski definition) is 4. The minimum absolute atomic E-state index is 0.487. The molecule has 1 fully saturated rings. The van der Waals surface area contributed by atoms with E-state index in [2.05, 4.69) is 24.6 Å². The maximum atomic E-state index is 4.56. The summed E-state index contributed by atoms with van der Waals surface area (Å²) in [6.07, 6.45) is 11.7. The van der Waals surface area contributed by atoms with Crippen molar-refractivity contribution in [1.29, 1.82) is 0 Å². The first-order valence-corrected chi connectivity index (χ1v) is 7.48. The van der Waals surface area contributed by atoms with E-state index < -0.39 is 0 Å². The van der Waals surface area contributed by atoms with Gasteiger partial charge in [0.2, 0.25) is 0 Å². The van der Waals surface area contributed by atoms with Crippen molar-refractivity contribution in [1.82, 2.24) is 19.7 Å². The molecule has 2 aliphatic rings. The molecule has 5 heteroatoms. The van der Waals surface area contributed by atoms with Crippen LogP contribution in [0.15, 0.2) is 24.8 Å². The molecule has 104 valence electrons. The van der Waals surface area contributed by atoms with Gasteiger partial charge in [0.1, 0.15) is 12.1 Å². The minimum atomic E-state index is 0.487. The molecule has 1 aliphatic heterocycles. The molecular formula is C15H19N5. The zero-order valence-corrected chi connectivity index (χ0v) is 11.6. The van der Waals surface area contributed by atoms with Crippen LogP contribution in [0.2, 0.25) is 0 Å². The summed E-state index contributed by atoms with van der Waals surface area (Å²) in [5, 5.41) is 4.33. The number of aromatic nitrogens is 4. The molecule has 0 N–H and O–H groups in total. The first-order valence-electron chi connectivity index (χ1n) is 7.48. The summed E-state index contributed by atoms with van der Waals surface area (Å²) in [4.78, 5) is 11.4. The Morgan fingerprint density at radius 2 is 1.95 bits per heavy atom. The molecule has 1 aliphatic carbocycles. The monoisotopic (exact) mass is 269 g/mol. The highest BCUT2D eigenvalue weighted by Crippen LogP contribution is 2.32. The summed E-state index contributed by atoms with van der Waals surface area (Å²) in [7, 11) is 0. The molecule has 0 amide bonds. The molecule has 2 aromatic rings. The van der Waals surface area contributed by atoms with Crippen LogP contribution in [0.1, 0.15) is 36.6 Å². The largest absolute Gasteiger partial charge is 0.352 e. The van der Waals surface area contributed by atoms with Gasteiger partial charge in [-0.15, -0.1) is 0 Å². The van der Waals surface area contributed by atoms with Crippen LogP contribution >= 0.6 is 0 Å². The molecule has 20 heavy (non-hydrogen) atoms. The third kappa shape index (κ3) is 1.97. The molecule has 0 atom stereocenters. The van der Waals surface area contributed by atoms with Gasteiger partial charge in [0.05, 0.1) is 6.04 Å². The molecule has 2 aromatic heterocycles. The highest BCUT2D eigenvalue weighted by atomic mass is 15.4. The van der Waals surface area contributed by atoms with Gasteiger partial charge in [-0.25, -0.2) is 9.97 Å². The highest BCUT2D eigenvalue weighted by Gasteiger charge is 2.31. The lowest BCUT2D eigenvalue weighted by Gasteiger charge is -2.41. The van der Waals surface area contributed by atoms with Gasteiger partial charge in [0, 0.05) is 36.7 Å². The van der Waals surface area contributed by atoms with Gasteiger partial charge in [-0.2, -0.15) is 5.10 Å². The van der Waals surface area contributed by atoms with Gasteiger partial charge in [-0.1, -0.05) is 6.42 Å². The molecule has 0 radical (unpaired) electrons. The molecule has 0 unspecified atom stereocenters. The lowest BCUT2D eigenvalue weighted by molar-refractivity contribution is 0.365. The molecule has 1 saturated heterocycles. The highest BCUT2D eigenvalue weighted by molar-refractivity contribution is 5.51. The van der Waals surface area contributed by atoms with Crippen LogP contribution in [0.5, 0.6) is 0 Å². The number of anilines is 1. The molecule has 0 spiro atoms. The molecule has 4 rings (SSSR count). The predicted octanol–water partition coefficient (Wildman–Crippen LogP) is 2.00. The van der Waals surface area contributed by atoms with E-state index in [0.717, 1.165) is 25.9 Å². The van der Waals surface area contributed by atoms with Crippen molar-refractivity contribution in [3.8, 4) is 0 Å². The smallest absolute Gasteiger partial charge is 0.135 e. The predicted molar refractivity (Wildman–Crippen MR) is 76.8 cm³/mol. The van der Waals surface area contributed by atoms with Crippen molar-refractivity contribution in [2.45, 2.75) is 38.1 Å². The zero-order valence-electron chi connectivity index (χ0n) is 11.6. The van der Waals surface area contributed by atoms with E-state index in [9.17, 15) is 0 Å². The molecule has 0 aromatic carbocycles. The first-order chi connectivity index (χ1) is 9.92. The van der Waals surface area contributed by atoms with E-state index in [1.54, 1.807) is 6.33 Å². The molecule has 0 saturated carbocycles. The van der Waals surface area contributed by atoms with Crippen molar-refractivity contribution in [2.75, 3.05) is 18.0 Å². The number of aryl methyl sites for hydroxylation is 1. The average Bonchev–Trinajstić information content (AvgIpc) is 2.82. The second-order valence-electron chi connectivity index (χ2n) is 5.73. The summed E-state index contributed by atoms with van der Waals surface area (Å²) in [6, 6.07) is 2.47. The average molecular weight is 269 g/mol. The summed E-state index contributed by atoms with van der Waals surface area (Å²) >= 11 is 0. The second kappa shape index (κ2) is 4.89. The topological polar surface area (TPSA) is 46.8 Å². The number of nitrogens with zero attached hydrogens (tertiary/aromatic N) is 5. The van der Waals surface area contributed by atoms with Gasteiger partial charge in [-0.3, -0.25) is 4.68 Å². The van der Waals surface area contributed by atoms with Crippen molar-refractivity contribution >= 4 is 5.82 Å². The van der Waals surface area contributed by atoms with Gasteiger partial charge >= 0.3 is 0 Å². The number of fused-ring (bicyclic) bond motifs is 1. The minimum Gasteiger partial charge on any atom is -0.352 e. The van der Waals surface area contributed by atoms with Crippen LogP contribution in [0.3, 0.4) is 0 Å². The second-order valence-corrected chi connectivity index (χ2v) is 5.73. The normalized spacial score (nSPS) is 19.3. The maximum Gasteiger partial charge on any atom is 0.135 e. The van der Waals surface area contributed by atoms with Crippen LogP contribution in [-0.2, 0) is 12.8 Å². The fourth-order valence-electron chi connectivity index (χ4n) is 3.25. The lowest BCUT2D eigenvalue weighted by atomic mass is 10.0. The van der Waals surface area contributed by atoms with E-state index in [1.807, 2.05) is 18.5 Å². The van der Waals surface area contributed by atoms with E-state index in [1.165, 1.54) is 36.3 Å². The molecule has 5 nitrogen and oxygen atoms in total. The Kier molecular flexibility index (Phi) is 2.90. The summed E-state index contributed by atoms with van der Waals surface area (Å²) in [6.45, 7) is 2.01. The van der Waals surface area contributed by atoms with Crippen molar-refractivity contribution in [2.24, 2.45) is 0 Å². The van der Waals surface area contributed by atoms with E-state index >= 15 is 0 Å². The van der Waals surface area contributed by atoms with Gasteiger partial charge in [0.15, 0.2) is 0 Å². The Bertz CT molecular complexity index is 586.